The van der Waals surface area contributed by atoms with E-state index >= 15 is 0 Å². The fourth-order valence-electron chi connectivity index (χ4n) is 1.76. The van der Waals surface area contributed by atoms with Crippen LogP contribution in [0.2, 0.25) is 0 Å². The SMILES string of the molecule is CCNC(=NCc1ccccc1OC)NCCCOC.I. The molecule has 0 saturated carbocycles. The molecule has 0 aliphatic heterocycles. The minimum absolute atomic E-state index is 0. The summed E-state index contributed by atoms with van der Waals surface area (Å²) in [4.78, 5) is 4.56. The minimum atomic E-state index is 0. The Labute approximate surface area is 144 Å². The summed E-state index contributed by atoms with van der Waals surface area (Å²) in [6, 6.07) is 7.92. The van der Waals surface area contributed by atoms with Crippen molar-refractivity contribution in [2.24, 2.45) is 4.99 Å². The minimum Gasteiger partial charge on any atom is -0.496 e. The molecule has 0 aliphatic rings. The summed E-state index contributed by atoms with van der Waals surface area (Å²) in [5.74, 6) is 1.68. The highest BCUT2D eigenvalue weighted by Gasteiger charge is 2.01. The van der Waals surface area contributed by atoms with E-state index in [-0.39, 0.29) is 24.0 Å². The second-order valence-electron chi connectivity index (χ2n) is 4.28. The zero-order valence-corrected chi connectivity index (χ0v) is 15.3. The summed E-state index contributed by atoms with van der Waals surface area (Å²) < 4.78 is 10.4. The number of hydrogen-bond acceptors (Lipinski definition) is 3. The van der Waals surface area contributed by atoms with Crippen LogP contribution in [0.15, 0.2) is 29.3 Å². The Morgan fingerprint density at radius 3 is 2.62 bits per heavy atom. The van der Waals surface area contributed by atoms with Gasteiger partial charge < -0.3 is 20.1 Å². The average molecular weight is 407 g/mol. The van der Waals surface area contributed by atoms with Crippen LogP contribution in [0.4, 0.5) is 0 Å². The maximum atomic E-state index is 5.32. The van der Waals surface area contributed by atoms with Gasteiger partial charge in [-0.25, -0.2) is 4.99 Å². The highest BCUT2D eigenvalue weighted by atomic mass is 127. The van der Waals surface area contributed by atoms with E-state index in [1.54, 1.807) is 14.2 Å². The van der Waals surface area contributed by atoms with Gasteiger partial charge >= 0.3 is 0 Å². The molecular weight excluding hydrogens is 381 g/mol. The van der Waals surface area contributed by atoms with E-state index in [0.717, 1.165) is 43.4 Å². The van der Waals surface area contributed by atoms with Gasteiger partial charge in [0.2, 0.25) is 0 Å². The molecule has 0 bridgehead atoms. The summed E-state index contributed by atoms with van der Waals surface area (Å²) in [5, 5.41) is 6.51. The highest BCUT2D eigenvalue weighted by molar-refractivity contribution is 14.0. The lowest BCUT2D eigenvalue weighted by Gasteiger charge is -2.12. The Morgan fingerprint density at radius 2 is 1.95 bits per heavy atom. The monoisotopic (exact) mass is 407 g/mol. The van der Waals surface area contributed by atoms with Crippen molar-refractivity contribution in [2.45, 2.75) is 19.9 Å². The average Bonchev–Trinajstić information content (AvgIpc) is 2.49. The predicted molar refractivity (Wildman–Crippen MR) is 97.7 cm³/mol. The van der Waals surface area contributed by atoms with Crippen molar-refractivity contribution in [3.63, 3.8) is 0 Å². The number of hydrogen-bond donors (Lipinski definition) is 2. The first-order chi connectivity index (χ1) is 9.81. The zero-order valence-electron chi connectivity index (χ0n) is 13.0. The Bertz CT molecular complexity index is 414. The molecule has 0 fully saturated rings. The number of nitrogens with one attached hydrogen (secondary N) is 2. The maximum absolute atomic E-state index is 5.32. The van der Waals surface area contributed by atoms with Crippen LogP contribution in [-0.2, 0) is 11.3 Å². The van der Waals surface area contributed by atoms with E-state index in [4.69, 9.17) is 9.47 Å². The Morgan fingerprint density at radius 1 is 1.19 bits per heavy atom. The molecule has 0 aliphatic carbocycles. The molecule has 6 heteroatoms. The van der Waals surface area contributed by atoms with E-state index in [1.807, 2.05) is 24.3 Å². The van der Waals surface area contributed by atoms with Crippen LogP contribution in [0.1, 0.15) is 18.9 Å². The van der Waals surface area contributed by atoms with Crippen LogP contribution in [-0.4, -0.2) is 39.9 Å². The molecule has 2 N–H and O–H groups in total. The van der Waals surface area contributed by atoms with Crippen LogP contribution in [0.3, 0.4) is 0 Å². The number of guanidine groups is 1. The summed E-state index contributed by atoms with van der Waals surface area (Å²) in [6.07, 6.45) is 0.954. The molecule has 0 spiro atoms. The van der Waals surface area contributed by atoms with Crippen LogP contribution < -0.4 is 15.4 Å². The second kappa shape index (κ2) is 12.7. The van der Waals surface area contributed by atoms with E-state index in [0.29, 0.717) is 6.54 Å². The summed E-state index contributed by atoms with van der Waals surface area (Å²) in [5.41, 5.74) is 1.07. The zero-order chi connectivity index (χ0) is 14.6. The second-order valence-corrected chi connectivity index (χ2v) is 4.28. The van der Waals surface area contributed by atoms with Gasteiger partial charge in [-0.2, -0.15) is 0 Å². The van der Waals surface area contributed by atoms with Crippen molar-refractivity contribution in [1.82, 2.24) is 10.6 Å². The largest absolute Gasteiger partial charge is 0.496 e. The number of ether oxygens (including phenoxy) is 2. The van der Waals surface area contributed by atoms with Crippen LogP contribution in [0, 0.1) is 0 Å². The smallest absolute Gasteiger partial charge is 0.191 e. The van der Waals surface area contributed by atoms with Gasteiger partial charge in [0.25, 0.3) is 0 Å². The fourth-order valence-corrected chi connectivity index (χ4v) is 1.76. The molecule has 5 nitrogen and oxygen atoms in total. The highest BCUT2D eigenvalue weighted by Crippen LogP contribution is 2.17. The predicted octanol–water partition coefficient (Wildman–Crippen LogP) is 2.40. The van der Waals surface area contributed by atoms with Gasteiger partial charge in [0.1, 0.15) is 5.75 Å². The van der Waals surface area contributed by atoms with E-state index in [2.05, 4.69) is 22.5 Å². The van der Waals surface area contributed by atoms with Crippen LogP contribution in [0.25, 0.3) is 0 Å². The first-order valence-corrected chi connectivity index (χ1v) is 6.94. The van der Waals surface area contributed by atoms with Gasteiger partial charge in [-0.3, -0.25) is 0 Å². The summed E-state index contributed by atoms with van der Waals surface area (Å²) in [6.45, 7) is 5.06. The molecule has 0 saturated heterocycles. The lowest BCUT2D eigenvalue weighted by atomic mass is 10.2. The van der Waals surface area contributed by atoms with Crippen molar-refractivity contribution < 1.29 is 9.47 Å². The third-order valence-corrected chi connectivity index (χ3v) is 2.76. The van der Waals surface area contributed by atoms with Crippen LogP contribution >= 0.6 is 24.0 Å². The summed E-state index contributed by atoms with van der Waals surface area (Å²) in [7, 11) is 3.39. The van der Waals surface area contributed by atoms with Crippen molar-refractivity contribution in [2.75, 3.05) is 33.9 Å². The fraction of sp³-hybridized carbons (Fsp3) is 0.533. The van der Waals surface area contributed by atoms with Gasteiger partial charge in [0.05, 0.1) is 13.7 Å². The van der Waals surface area contributed by atoms with Crippen molar-refractivity contribution in [3.05, 3.63) is 29.8 Å². The number of methoxy groups -OCH3 is 2. The Hall–Kier alpha value is -1.02. The maximum Gasteiger partial charge on any atom is 0.191 e. The normalized spacial score (nSPS) is 10.7. The Balaban J connectivity index is 0.00000400. The molecule has 0 radical (unpaired) electrons. The number of rotatable bonds is 8. The van der Waals surface area contributed by atoms with Gasteiger partial charge in [0, 0.05) is 32.4 Å². The molecule has 1 aromatic carbocycles. The lowest BCUT2D eigenvalue weighted by Crippen LogP contribution is -2.38. The van der Waals surface area contributed by atoms with Crippen molar-refractivity contribution in [1.29, 1.82) is 0 Å². The first kappa shape index (κ1) is 20.0. The molecule has 0 aromatic heterocycles. The molecule has 0 heterocycles. The van der Waals surface area contributed by atoms with Crippen molar-refractivity contribution in [3.8, 4) is 5.75 Å². The third kappa shape index (κ3) is 8.11. The van der Waals surface area contributed by atoms with Gasteiger partial charge in [0.15, 0.2) is 5.96 Å². The number of nitrogens with zero attached hydrogens (tertiary/aromatic N) is 1. The quantitative estimate of drug-likeness (QED) is 0.301. The number of aliphatic imine (C=N–C) groups is 1. The molecule has 120 valence electrons. The molecule has 0 amide bonds. The molecule has 1 rings (SSSR count). The number of benzene rings is 1. The van der Waals surface area contributed by atoms with E-state index in [9.17, 15) is 0 Å². The molecule has 0 atom stereocenters. The standard InChI is InChI=1S/C15H25N3O2.HI/c1-4-16-15(17-10-7-11-19-2)18-12-13-8-5-6-9-14(13)20-3;/h5-6,8-9H,4,7,10-12H2,1-3H3,(H2,16,17,18);1H. The molecule has 0 unspecified atom stereocenters. The van der Waals surface area contributed by atoms with Crippen LogP contribution in [0.5, 0.6) is 5.75 Å². The summed E-state index contributed by atoms with van der Waals surface area (Å²) >= 11 is 0. The molecule has 1 aromatic rings. The number of para-hydroxylation sites is 1. The molecule has 21 heavy (non-hydrogen) atoms. The Kier molecular flexibility index (Phi) is 12.1. The lowest BCUT2D eigenvalue weighted by molar-refractivity contribution is 0.195. The topological polar surface area (TPSA) is 54.9 Å². The molecular formula is C15H26IN3O2. The first-order valence-electron chi connectivity index (χ1n) is 6.94. The van der Waals surface area contributed by atoms with Gasteiger partial charge in [-0.1, -0.05) is 18.2 Å². The van der Waals surface area contributed by atoms with Crippen molar-refractivity contribution >= 4 is 29.9 Å². The van der Waals surface area contributed by atoms with E-state index < -0.39 is 0 Å². The third-order valence-electron chi connectivity index (χ3n) is 2.76. The number of halogens is 1. The van der Waals surface area contributed by atoms with Gasteiger partial charge in [-0.05, 0) is 19.4 Å². The van der Waals surface area contributed by atoms with E-state index in [1.165, 1.54) is 0 Å². The van der Waals surface area contributed by atoms with Gasteiger partial charge in [-0.15, -0.1) is 24.0 Å².